The number of piperazine rings is 1. The molecular weight excluding hydrogens is 392 g/mol. The molecular formula is C19H18N6O5. The van der Waals surface area contributed by atoms with Gasteiger partial charge in [0.25, 0.3) is 17.5 Å². The fourth-order valence-corrected chi connectivity index (χ4v) is 3.57. The van der Waals surface area contributed by atoms with Crippen molar-refractivity contribution in [1.82, 2.24) is 19.8 Å². The third kappa shape index (κ3) is 3.45. The first-order chi connectivity index (χ1) is 14.3. The molecule has 0 saturated carbocycles. The summed E-state index contributed by atoms with van der Waals surface area (Å²) in [4.78, 5) is 60.9. The minimum Gasteiger partial charge on any atom is -0.353 e. The number of non-ortho nitro benzene ring substituents is 1. The number of rotatable bonds is 4. The summed E-state index contributed by atoms with van der Waals surface area (Å²) in [6, 6.07) is 5.36. The molecule has 154 valence electrons. The van der Waals surface area contributed by atoms with Crippen molar-refractivity contribution >= 4 is 29.2 Å². The lowest BCUT2D eigenvalue weighted by molar-refractivity contribution is -0.384. The van der Waals surface area contributed by atoms with Gasteiger partial charge in [0, 0.05) is 50.1 Å². The molecule has 0 aliphatic carbocycles. The summed E-state index contributed by atoms with van der Waals surface area (Å²) in [5, 5.41) is 10.9. The van der Waals surface area contributed by atoms with Crippen LogP contribution in [0.5, 0.6) is 0 Å². The van der Waals surface area contributed by atoms with Crippen LogP contribution in [-0.2, 0) is 4.79 Å². The van der Waals surface area contributed by atoms with Crippen molar-refractivity contribution in [3.8, 4) is 0 Å². The molecule has 0 atom stereocenters. The Morgan fingerprint density at radius 2 is 1.77 bits per heavy atom. The van der Waals surface area contributed by atoms with Crippen LogP contribution < -0.4 is 4.90 Å². The predicted octanol–water partition coefficient (Wildman–Crippen LogP) is 0.638. The van der Waals surface area contributed by atoms with Gasteiger partial charge in [0.15, 0.2) is 0 Å². The quantitative estimate of drug-likeness (QED) is 0.408. The number of nitro benzene ring substituents is 1. The molecule has 0 N–H and O–H groups in total. The van der Waals surface area contributed by atoms with Crippen LogP contribution in [0.15, 0.2) is 30.6 Å². The van der Waals surface area contributed by atoms with E-state index in [0.29, 0.717) is 26.2 Å². The first-order valence-electron chi connectivity index (χ1n) is 9.31. The summed E-state index contributed by atoms with van der Waals surface area (Å²) in [7, 11) is 0. The summed E-state index contributed by atoms with van der Waals surface area (Å²) in [6.07, 6.45) is 1.49. The zero-order chi connectivity index (χ0) is 21.4. The lowest BCUT2D eigenvalue weighted by Gasteiger charge is -2.35. The number of imide groups is 1. The van der Waals surface area contributed by atoms with E-state index in [0.717, 1.165) is 22.5 Å². The standard InChI is InChI=1S/C19H18N6O5/c1-12-8-16(21-11-20-12)22-4-6-23(7-5-22)17(26)10-24-18(27)14-3-2-13(25(29)30)9-15(14)19(24)28/h2-3,8-9,11H,4-7,10H2,1H3. The highest BCUT2D eigenvalue weighted by Gasteiger charge is 2.38. The third-order valence-electron chi connectivity index (χ3n) is 5.20. The van der Waals surface area contributed by atoms with Crippen LogP contribution in [0.2, 0.25) is 0 Å². The Labute approximate surface area is 171 Å². The number of benzene rings is 1. The maximum absolute atomic E-state index is 12.7. The summed E-state index contributed by atoms with van der Waals surface area (Å²) < 4.78 is 0. The number of aryl methyl sites for hydroxylation is 1. The summed E-state index contributed by atoms with van der Waals surface area (Å²) >= 11 is 0. The van der Waals surface area contributed by atoms with E-state index in [2.05, 4.69) is 9.97 Å². The number of aromatic nitrogens is 2. The van der Waals surface area contributed by atoms with E-state index in [4.69, 9.17) is 0 Å². The molecule has 0 radical (unpaired) electrons. The lowest BCUT2D eigenvalue weighted by atomic mass is 10.1. The molecule has 1 aromatic heterocycles. The van der Waals surface area contributed by atoms with E-state index in [9.17, 15) is 24.5 Å². The molecule has 2 aromatic rings. The largest absolute Gasteiger partial charge is 0.353 e. The van der Waals surface area contributed by atoms with Gasteiger partial charge in [-0.05, 0) is 13.0 Å². The molecule has 3 heterocycles. The molecule has 4 rings (SSSR count). The van der Waals surface area contributed by atoms with Crippen molar-refractivity contribution in [2.45, 2.75) is 6.92 Å². The minimum atomic E-state index is -0.692. The maximum Gasteiger partial charge on any atom is 0.270 e. The van der Waals surface area contributed by atoms with Crippen molar-refractivity contribution in [1.29, 1.82) is 0 Å². The summed E-state index contributed by atoms with van der Waals surface area (Å²) in [5.41, 5.74) is 0.594. The van der Waals surface area contributed by atoms with Gasteiger partial charge < -0.3 is 9.80 Å². The highest BCUT2D eigenvalue weighted by molar-refractivity contribution is 6.22. The van der Waals surface area contributed by atoms with Crippen molar-refractivity contribution < 1.29 is 19.3 Å². The van der Waals surface area contributed by atoms with Crippen LogP contribution in [0.3, 0.4) is 0 Å². The van der Waals surface area contributed by atoms with Gasteiger partial charge in [-0.2, -0.15) is 0 Å². The highest BCUT2D eigenvalue weighted by Crippen LogP contribution is 2.27. The molecule has 1 fully saturated rings. The van der Waals surface area contributed by atoms with E-state index < -0.39 is 23.3 Å². The molecule has 11 heteroatoms. The first kappa shape index (κ1) is 19.4. The monoisotopic (exact) mass is 410 g/mol. The second kappa shape index (κ2) is 7.50. The maximum atomic E-state index is 12.7. The van der Waals surface area contributed by atoms with Gasteiger partial charge in [-0.25, -0.2) is 9.97 Å². The normalized spacial score (nSPS) is 16.1. The van der Waals surface area contributed by atoms with Crippen molar-refractivity contribution in [2.75, 3.05) is 37.6 Å². The number of amides is 3. The lowest BCUT2D eigenvalue weighted by Crippen LogP contribution is -2.52. The van der Waals surface area contributed by atoms with Crippen molar-refractivity contribution in [3.63, 3.8) is 0 Å². The van der Waals surface area contributed by atoms with Crippen LogP contribution in [0.25, 0.3) is 0 Å². The van der Waals surface area contributed by atoms with Crippen LogP contribution in [0.1, 0.15) is 26.4 Å². The topological polar surface area (TPSA) is 130 Å². The molecule has 1 aromatic carbocycles. The molecule has 11 nitrogen and oxygen atoms in total. The van der Waals surface area contributed by atoms with Crippen LogP contribution in [-0.4, -0.2) is 75.1 Å². The zero-order valence-electron chi connectivity index (χ0n) is 16.1. The average molecular weight is 410 g/mol. The Morgan fingerprint density at radius 3 is 2.43 bits per heavy atom. The third-order valence-corrected chi connectivity index (χ3v) is 5.20. The molecule has 2 aliphatic heterocycles. The number of anilines is 1. The number of hydrogen-bond acceptors (Lipinski definition) is 8. The van der Waals surface area contributed by atoms with Gasteiger partial charge in [-0.15, -0.1) is 0 Å². The zero-order valence-corrected chi connectivity index (χ0v) is 16.1. The highest BCUT2D eigenvalue weighted by atomic mass is 16.6. The van der Waals surface area contributed by atoms with Gasteiger partial charge in [-0.3, -0.25) is 29.4 Å². The SMILES string of the molecule is Cc1cc(N2CCN(C(=O)CN3C(=O)c4ccc([N+](=O)[O-])cc4C3=O)CC2)ncn1. The van der Waals surface area contributed by atoms with Gasteiger partial charge in [0.1, 0.15) is 18.7 Å². The van der Waals surface area contributed by atoms with Crippen LogP contribution in [0.4, 0.5) is 11.5 Å². The second-order valence-electron chi connectivity index (χ2n) is 7.07. The Balaban J connectivity index is 1.40. The Morgan fingerprint density at radius 1 is 1.07 bits per heavy atom. The average Bonchev–Trinajstić information content (AvgIpc) is 2.98. The van der Waals surface area contributed by atoms with Gasteiger partial charge in [0.05, 0.1) is 16.1 Å². The van der Waals surface area contributed by atoms with E-state index in [1.165, 1.54) is 18.5 Å². The van der Waals surface area contributed by atoms with Crippen molar-refractivity contribution in [2.24, 2.45) is 0 Å². The first-order valence-corrected chi connectivity index (χ1v) is 9.31. The fraction of sp³-hybridized carbons (Fsp3) is 0.316. The van der Waals surface area contributed by atoms with Gasteiger partial charge >= 0.3 is 0 Å². The second-order valence-corrected chi connectivity index (χ2v) is 7.07. The number of nitrogens with zero attached hydrogens (tertiary/aromatic N) is 6. The van der Waals surface area contributed by atoms with Gasteiger partial charge in [-0.1, -0.05) is 0 Å². The van der Waals surface area contributed by atoms with Crippen molar-refractivity contribution in [3.05, 3.63) is 57.5 Å². The molecule has 0 unspecified atom stereocenters. The molecule has 1 saturated heterocycles. The summed E-state index contributed by atoms with van der Waals surface area (Å²) in [6.45, 7) is 3.47. The number of hydrogen-bond donors (Lipinski definition) is 0. The van der Waals surface area contributed by atoms with Gasteiger partial charge in [0.2, 0.25) is 5.91 Å². The van der Waals surface area contributed by atoms with Crippen LogP contribution in [0, 0.1) is 17.0 Å². The van der Waals surface area contributed by atoms with E-state index in [1.54, 1.807) is 4.90 Å². The minimum absolute atomic E-state index is 0.0500. The Kier molecular flexibility index (Phi) is 4.86. The molecule has 30 heavy (non-hydrogen) atoms. The smallest absolute Gasteiger partial charge is 0.270 e. The van der Waals surface area contributed by atoms with E-state index in [-0.39, 0.29) is 22.7 Å². The van der Waals surface area contributed by atoms with E-state index in [1.807, 2.05) is 17.9 Å². The fourth-order valence-electron chi connectivity index (χ4n) is 3.57. The predicted molar refractivity (Wildman–Crippen MR) is 104 cm³/mol. The number of carbonyl (C=O) groups excluding carboxylic acids is 3. The Bertz CT molecular complexity index is 1060. The number of nitro groups is 1. The number of carbonyl (C=O) groups is 3. The molecule has 2 aliphatic rings. The Hall–Kier alpha value is -3.89. The van der Waals surface area contributed by atoms with Crippen LogP contribution >= 0.6 is 0 Å². The molecule has 0 bridgehead atoms. The number of fused-ring (bicyclic) bond motifs is 1. The van der Waals surface area contributed by atoms with E-state index >= 15 is 0 Å². The summed E-state index contributed by atoms with van der Waals surface area (Å²) in [5.74, 6) is -0.871. The molecule has 3 amide bonds. The molecule has 0 spiro atoms.